The SMILES string of the molecule is CC(C)CCCC1CCC1CNCC(C)C. The summed E-state index contributed by atoms with van der Waals surface area (Å²) in [5.74, 6) is 3.71. The molecule has 2 unspecified atom stereocenters. The molecule has 2 atom stereocenters. The lowest BCUT2D eigenvalue weighted by molar-refractivity contribution is 0.154. The normalized spacial score (nSPS) is 25.1. The molecule has 1 N–H and O–H groups in total. The minimum atomic E-state index is 0.791. The Labute approximate surface area is 102 Å². The topological polar surface area (TPSA) is 12.0 Å². The van der Waals surface area contributed by atoms with E-state index >= 15 is 0 Å². The van der Waals surface area contributed by atoms with Gasteiger partial charge in [0, 0.05) is 0 Å². The molecule has 0 amide bonds. The van der Waals surface area contributed by atoms with Crippen molar-refractivity contribution in [3.8, 4) is 0 Å². The van der Waals surface area contributed by atoms with Crippen molar-refractivity contribution in [3.63, 3.8) is 0 Å². The van der Waals surface area contributed by atoms with E-state index in [4.69, 9.17) is 0 Å². The molecule has 0 aromatic rings. The lowest BCUT2D eigenvalue weighted by Crippen LogP contribution is -2.36. The van der Waals surface area contributed by atoms with E-state index in [0.29, 0.717) is 0 Å². The molecule has 1 aliphatic rings. The fraction of sp³-hybridized carbons (Fsp3) is 1.00. The first-order valence-corrected chi connectivity index (χ1v) is 7.30. The van der Waals surface area contributed by atoms with Gasteiger partial charge in [-0.2, -0.15) is 0 Å². The fourth-order valence-corrected chi connectivity index (χ4v) is 2.63. The monoisotopic (exact) mass is 225 g/mol. The van der Waals surface area contributed by atoms with Crippen LogP contribution in [-0.2, 0) is 0 Å². The van der Waals surface area contributed by atoms with Gasteiger partial charge in [0.1, 0.15) is 0 Å². The lowest BCUT2D eigenvalue weighted by Gasteiger charge is -2.37. The molecule has 0 bridgehead atoms. The van der Waals surface area contributed by atoms with Crippen LogP contribution >= 0.6 is 0 Å². The van der Waals surface area contributed by atoms with Crippen molar-refractivity contribution in [1.29, 1.82) is 0 Å². The van der Waals surface area contributed by atoms with Gasteiger partial charge < -0.3 is 5.32 Å². The molecule has 1 nitrogen and oxygen atoms in total. The summed E-state index contributed by atoms with van der Waals surface area (Å²) >= 11 is 0. The number of hydrogen-bond acceptors (Lipinski definition) is 1. The van der Waals surface area contributed by atoms with Crippen LogP contribution < -0.4 is 5.32 Å². The van der Waals surface area contributed by atoms with E-state index in [9.17, 15) is 0 Å². The van der Waals surface area contributed by atoms with E-state index in [1.54, 1.807) is 0 Å². The Balaban J connectivity index is 2.01. The smallest absolute Gasteiger partial charge is 0.00178 e. The number of rotatable bonds is 8. The Morgan fingerprint density at radius 2 is 1.69 bits per heavy atom. The van der Waals surface area contributed by atoms with Gasteiger partial charge in [-0.15, -0.1) is 0 Å². The summed E-state index contributed by atoms with van der Waals surface area (Å²) in [5, 5.41) is 3.62. The maximum Gasteiger partial charge on any atom is -0.00178 e. The average Bonchev–Trinajstić information content (AvgIpc) is 2.16. The highest BCUT2D eigenvalue weighted by molar-refractivity contribution is 4.82. The van der Waals surface area contributed by atoms with Crippen molar-refractivity contribution in [2.24, 2.45) is 23.7 Å². The van der Waals surface area contributed by atoms with E-state index < -0.39 is 0 Å². The second-order valence-electron chi connectivity index (χ2n) is 6.47. The van der Waals surface area contributed by atoms with E-state index in [1.165, 1.54) is 45.2 Å². The van der Waals surface area contributed by atoms with Crippen molar-refractivity contribution < 1.29 is 0 Å². The highest BCUT2D eigenvalue weighted by atomic mass is 14.9. The second kappa shape index (κ2) is 7.32. The summed E-state index contributed by atoms with van der Waals surface area (Å²) in [6.45, 7) is 11.7. The predicted molar refractivity (Wildman–Crippen MR) is 72.6 cm³/mol. The third-order valence-corrected chi connectivity index (χ3v) is 3.89. The third kappa shape index (κ3) is 5.34. The van der Waals surface area contributed by atoms with Crippen LogP contribution in [0, 0.1) is 23.7 Å². The van der Waals surface area contributed by atoms with Gasteiger partial charge >= 0.3 is 0 Å². The molecule has 0 saturated heterocycles. The Morgan fingerprint density at radius 1 is 1.00 bits per heavy atom. The zero-order chi connectivity index (χ0) is 12.0. The molecule has 16 heavy (non-hydrogen) atoms. The molecule has 0 heterocycles. The van der Waals surface area contributed by atoms with Crippen molar-refractivity contribution in [3.05, 3.63) is 0 Å². The van der Waals surface area contributed by atoms with Gasteiger partial charge in [-0.3, -0.25) is 0 Å². The van der Waals surface area contributed by atoms with Crippen LogP contribution in [-0.4, -0.2) is 13.1 Å². The van der Waals surface area contributed by atoms with Crippen LogP contribution in [0.1, 0.15) is 59.8 Å². The Kier molecular flexibility index (Phi) is 6.41. The first kappa shape index (κ1) is 14.0. The molecular formula is C15H31N. The molecule has 0 aromatic carbocycles. The minimum absolute atomic E-state index is 0.791. The maximum atomic E-state index is 3.62. The lowest BCUT2D eigenvalue weighted by atomic mass is 9.71. The van der Waals surface area contributed by atoms with Gasteiger partial charge in [-0.1, -0.05) is 47.0 Å². The van der Waals surface area contributed by atoms with Crippen LogP contribution in [0.3, 0.4) is 0 Å². The van der Waals surface area contributed by atoms with Crippen LogP contribution in [0.25, 0.3) is 0 Å². The number of hydrogen-bond donors (Lipinski definition) is 1. The molecule has 0 aromatic heterocycles. The molecule has 1 fully saturated rings. The van der Waals surface area contributed by atoms with Crippen LogP contribution in [0.4, 0.5) is 0 Å². The summed E-state index contributed by atoms with van der Waals surface area (Å²) < 4.78 is 0. The van der Waals surface area contributed by atoms with Gasteiger partial charge in [-0.25, -0.2) is 0 Å². The zero-order valence-electron chi connectivity index (χ0n) is 11.8. The molecule has 0 aliphatic heterocycles. The van der Waals surface area contributed by atoms with Crippen LogP contribution in [0.5, 0.6) is 0 Å². The Morgan fingerprint density at radius 3 is 2.19 bits per heavy atom. The average molecular weight is 225 g/mol. The molecule has 1 saturated carbocycles. The van der Waals surface area contributed by atoms with E-state index in [0.717, 1.165) is 23.7 Å². The van der Waals surface area contributed by atoms with Crippen molar-refractivity contribution >= 4 is 0 Å². The van der Waals surface area contributed by atoms with E-state index in [-0.39, 0.29) is 0 Å². The largest absolute Gasteiger partial charge is 0.316 e. The minimum Gasteiger partial charge on any atom is -0.316 e. The van der Waals surface area contributed by atoms with Crippen molar-refractivity contribution in [2.75, 3.05) is 13.1 Å². The van der Waals surface area contributed by atoms with Gasteiger partial charge in [0.25, 0.3) is 0 Å². The first-order chi connectivity index (χ1) is 7.59. The third-order valence-electron chi connectivity index (χ3n) is 3.89. The van der Waals surface area contributed by atoms with Crippen molar-refractivity contribution in [1.82, 2.24) is 5.32 Å². The van der Waals surface area contributed by atoms with Crippen molar-refractivity contribution in [2.45, 2.75) is 59.8 Å². The molecule has 1 heteroatoms. The first-order valence-electron chi connectivity index (χ1n) is 7.30. The molecule has 0 spiro atoms. The van der Waals surface area contributed by atoms with Gasteiger partial charge in [-0.05, 0) is 49.6 Å². The predicted octanol–water partition coefficient (Wildman–Crippen LogP) is 4.08. The second-order valence-corrected chi connectivity index (χ2v) is 6.47. The van der Waals surface area contributed by atoms with E-state index in [2.05, 4.69) is 33.0 Å². The standard InChI is InChI=1S/C15H31N/c1-12(2)6-5-7-14-8-9-15(14)11-16-10-13(3)4/h12-16H,5-11H2,1-4H3. The van der Waals surface area contributed by atoms with Gasteiger partial charge in [0.2, 0.25) is 0 Å². The van der Waals surface area contributed by atoms with E-state index in [1.807, 2.05) is 0 Å². The highest BCUT2D eigenvalue weighted by Gasteiger charge is 2.29. The summed E-state index contributed by atoms with van der Waals surface area (Å²) in [6.07, 6.45) is 7.31. The Hall–Kier alpha value is -0.0400. The quantitative estimate of drug-likeness (QED) is 0.656. The van der Waals surface area contributed by atoms with Gasteiger partial charge in [0.15, 0.2) is 0 Å². The fourth-order valence-electron chi connectivity index (χ4n) is 2.63. The maximum absolute atomic E-state index is 3.62. The zero-order valence-corrected chi connectivity index (χ0v) is 11.8. The summed E-state index contributed by atoms with van der Waals surface area (Å²) in [6, 6.07) is 0. The molecule has 0 radical (unpaired) electrons. The summed E-state index contributed by atoms with van der Waals surface area (Å²) in [5.41, 5.74) is 0. The molecular weight excluding hydrogens is 194 g/mol. The van der Waals surface area contributed by atoms with Crippen LogP contribution in [0.2, 0.25) is 0 Å². The Bertz CT molecular complexity index is 154. The molecule has 96 valence electrons. The summed E-state index contributed by atoms with van der Waals surface area (Å²) in [4.78, 5) is 0. The highest BCUT2D eigenvalue weighted by Crippen LogP contribution is 2.37. The number of nitrogens with one attached hydrogen (secondary N) is 1. The van der Waals surface area contributed by atoms with Crippen LogP contribution in [0.15, 0.2) is 0 Å². The van der Waals surface area contributed by atoms with Gasteiger partial charge in [0.05, 0.1) is 0 Å². The molecule has 1 aliphatic carbocycles. The summed E-state index contributed by atoms with van der Waals surface area (Å²) in [7, 11) is 0. The molecule has 1 rings (SSSR count).